The van der Waals surface area contributed by atoms with Gasteiger partial charge in [-0.05, 0) is 6.92 Å². The zero-order chi connectivity index (χ0) is 14.3. The second-order valence-corrected chi connectivity index (χ2v) is 5.29. The smallest absolute Gasteiger partial charge is 0.356 e. The Morgan fingerprint density at radius 1 is 1.12 bits per heavy atom. The number of hydrogen-bond acceptors (Lipinski definition) is 7. The summed E-state index contributed by atoms with van der Waals surface area (Å²) in [5.41, 5.74) is 3.94. The molecule has 0 aliphatic heterocycles. The van der Waals surface area contributed by atoms with Gasteiger partial charge in [-0.1, -0.05) is 0 Å². The minimum absolute atomic E-state index is 0.403. The van der Waals surface area contributed by atoms with Gasteiger partial charge in [0.2, 0.25) is 0 Å². The molecule has 0 aromatic heterocycles. The lowest BCUT2D eigenvalue weighted by Crippen LogP contribution is -2.50. The van der Waals surface area contributed by atoms with Crippen LogP contribution < -0.4 is 5.73 Å². The summed E-state index contributed by atoms with van der Waals surface area (Å²) in [7, 11) is -4.51. The Labute approximate surface area is 98.3 Å². The fourth-order valence-corrected chi connectivity index (χ4v) is 0.993. The molecule has 17 heavy (non-hydrogen) atoms. The first-order valence-corrected chi connectivity index (χ1v) is 6.25. The van der Waals surface area contributed by atoms with E-state index in [1.165, 1.54) is 0 Å². The molecule has 0 radical (unpaired) electrons. The zero-order valence-corrected chi connectivity index (χ0v) is 10.2. The fraction of sp³-hybridized carbons (Fsp3) is 1.00. The molecule has 0 fully saturated rings. The van der Waals surface area contributed by atoms with Crippen LogP contribution >= 0.6 is 7.60 Å². The topological polar surface area (TPSA) is 185 Å². The van der Waals surface area contributed by atoms with E-state index in [1.807, 2.05) is 0 Å². The zero-order valence-electron chi connectivity index (χ0n) is 9.34. The molecule has 0 aliphatic rings. The molecular formula is C7H20NO8P. The second-order valence-electron chi connectivity index (χ2n) is 3.58. The molecule has 0 unspecified atom stereocenters. The number of aliphatic hydroxyl groups is 5. The van der Waals surface area contributed by atoms with Crippen LogP contribution in [0.15, 0.2) is 0 Å². The molecule has 0 heterocycles. The second kappa shape index (κ2) is 8.09. The maximum Gasteiger partial charge on any atom is 0.356 e. The van der Waals surface area contributed by atoms with Crippen molar-refractivity contribution in [1.29, 1.82) is 0 Å². The maximum atomic E-state index is 10.1. The third-order valence-electron chi connectivity index (χ3n) is 1.72. The first kappa shape index (κ1) is 19.3. The Morgan fingerprint density at radius 2 is 1.41 bits per heavy atom. The Balaban J connectivity index is 0. The molecule has 2 atom stereocenters. The summed E-state index contributed by atoms with van der Waals surface area (Å²) in [5.74, 6) is -1.96. The molecule has 0 saturated carbocycles. The monoisotopic (exact) mass is 277 g/mol. The van der Waals surface area contributed by atoms with Crippen LogP contribution in [0.3, 0.4) is 0 Å². The van der Waals surface area contributed by atoms with E-state index in [2.05, 4.69) is 0 Å². The van der Waals surface area contributed by atoms with Crippen molar-refractivity contribution in [1.82, 2.24) is 0 Å². The third kappa shape index (κ3) is 8.61. The molecule has 9 nitrogen and oxygen atoms in total. The van der Waals surface area contributed by atoms with Crippen molar-refractivity contribution < 1.29 is 39.9 Å². The first-order chi connectivity index (χ1) is 7.54. The Bertz CT molecular complexity index is 230. The predicted octanol–water partition coefficient (Wildman–Crippen LogP) is -3.48. The van der Waals surface area contributed by atoms with Gasteiger partial charge in [0.25, 0.3) is 0 Å². The molecule has 0 saturated heterocycles. The van der Waals surface area contributed by atoms with Gasteiger partial charge in [0.05, 0.1) is 31.5 Å². The van der Waals surface area contributed by atoms with E-state index >= 15 is 0 Å². The molecule has 0 aromatic rings. The van der Waals surface area contributed by atoms with Crippen molar-refractivity contribution in [3.8, 4) is 0 Å². The molecule has 0 amide bonds. The summed E-state index contributed by atoms with van der Waals surface area (Å²) < 4.78 is 10.1. The number of aliphatic hydroxyl groups excluding tert-OH is 5. The quantitative estimate of drug-likeness (QED) is 0.236. The number of nitrogens with two attached hydrogens (primary N) is 1. The van der Waals surface area contributed by atoms with E-state index in [0.717, 1.165) is 6.92 Å². The van der Waals surface area contributed by atoms with E-state index in [0.29, 0.717) is 0 Å². The van der Waals surface area contributed by atoms with Crippen LogP contribution in [-0.2, 0) is 4.57 Å². The lowest BCUT2D eigenvalue weighted by molar-refractivity contribution is 0.0641. The molecule has 0 aromatic carbocycles. The molecule has 0 aliphatic carbocycles. The van der Waals surface area contributed by atoms with Gasteiger partial charge in [-0.25, -0.2) is 0 Å². The lowest BCUT2D eigenvalue weighted by atomic mass is 10.1. The molecule has 0 bridgehead atoms. The van der Waals surface area contributed by atoms with Gasteiger partial charge in [0.1, 0.15) is 0 Å². The molecule has 0 spiro atoms. The molecule has 9 N–H and O–H groups in total. The minimum atomic E-state index is -4.51. The van der Waals surface area contributed by atoms with Gasteiger partial charge in [-0.15, -0.1) is 0 Å². The minimum Gasteiger partial charge on any atom is -0.394 e. The summed E-state index contributed by atoms with van der Waals surface area (Å²) in [6, 6.07) is 0. The van der Waals surface area contributed by atoms with Gasteiger partial charge in [0, 0.05) is 0 Å². The van der Waals surface area contributed by atoms with Crippen molar-refractivity contribution in [2.24, 2.45) is 5.73 Å². The number of hydrogen-bond donors (Lipinski definition) is 8. The van der Waals surface area contributed by atoms with Crippen LogP contribution in [0, 0.1) is 0 Å². The van der Waals surface area contributed by atoms with E-state index < -0.39 is 44.9 Å². The Kier molecular flexibility index (Phi) is 9.16. The summed E-state index contributed by atoms with van der Waals surface area (Å²) in [5, 5.41) is 41.9. The molecule has 106 valence electrons. The predicted molar refractivity (Wildman–Crippen MR) is 57.9 cm³/mol. The van der Waals surface area contributed by atoms with Crippen molar-refractivity contribution in [3.63, 3.8) is 0 Å². The van der Waals surface area contributed by atoms with Gasteiger partial charge < -0.3 is 41.1 Å². The SMILES string of the molecule is C[C@@H](O)[C@H](O)P(=O)(O)O.NC(CO)(CO)CO. The van der Waals surface area contributed by atoms with Gasteiger partial charge in [-0.2, -0.15) is 0 Å². The summed E-state index contributed by atoms with van der Waals surface area (Å²) in [6.45, 7) is -0.107. The highest BCUT2D eigenvalue weighted by atomic mass is 31.2. The van der Waals surface area contributed by atoms with Gasteiger partial charge in [0.15, 0.2) is 5.85 Å². The summed E-state index contributed by atoms with van der Waals surface area (Å²) >= 11 is 0. The van der Waals surface area contributed by atoms with Gasteiger partial charge >= 0.3 is 7.60 Å². The average Bonchev–Trinajstić information content (AvgIpc) is 2.26. The fourth-order valence-electron chi connectivity index (χ4n) is 0.431. The van der Waals surface area contributed by atoms with Crippen molar-refractivity contribution in [2.45, 2.75) is 24.4 Å². The van der Waals surface area contributed by atoms with Crippen molar-refractivity contribution in [2.75, 3.05) is 19.8 Å². The van der Waals surface area contributed by atoms with Crippen LogP contribution in [0.4, 0.5) is 0 Å². The Morgan fingerprint density at radius 3 is 1.41 bits per heavy atom. The number of rotatable bonds is 5. The maximum absolute atomic E-state index is 10.1. The van der Waals surface area contributed by atoms with Crippen molar-refractivity contribution >= 4 is 7.60 Å². The lowest BCUT2D eigenvalue weighted by Gasteiger charge is -2.20. The highest BCUT2D eigenvalue weighted by molar-refractivity contribution is 7.52. The first-order valence-electron chi connectivity index (χ1n) is 4.57. The molecule has 0 rings (SSSR count). The normalized spacial score (nSPS) is 15.8. The highest BCUT2D eigenvalue weighted by Gasteiger charge is 2.30. The van der Waals surface area contributed by atoms with Crippen molar-refractivity contribution in [3.05, 3.63) is 0 Å². The van der Waals surface area contributed by atoms with Crippen LogP contribution in [0.1, 0.15) is 6.92 Å². The largest absolute Gasteiger partial charge is 0.394 e. The molecule has 10 heteroatoms. The van der Waals surface area contributed by atoms with Crippen LogP contribution in [0.25, 0.3) is 0 Å². The van der Waals surface area contributed by atoms with E-state index in [4.69, 9.17) is 41.1 Å². The molecular weight excluding hydrogens is 257 g/mol. The van der Waals surface area contributed by atoms with E-state index in [9.17, 15) is 4.57 Å². The third-order valence-corrected chi connectivity index (χ3v) is 2.84. The van der Waals surface area contributed by atoms with Crippen LogP contribution in [0.2, 0.25) is 0 Å². The standard InChI is InChI=1S/C4H11NO3.C3H9O5P/c5-4(1-6,2-7)3-8;1-2(4)3(5)9(6,7)8/h6-8H,1-3,5H2;2-5H,1H3,(H2,6,7,8)/t;2-,3-/m.1/s1. The summed E-state index contributed by atoms with van der Waals surface area (Å²) in [6.07, 6.45) is -1.40. The van der Waals surface area contributed by atoms with Gasteiger partial charge in [-0.3, -0.25) is 4.57 Å². The van der Waals surface area contributed by atoms with Crippen LogP contribution in [-0.4, -0.2) is 72.6 Å². The van der Waals surface area contributed by atoms with E-state index in [-0.39, 0.29) is 0 Å². The van der Waals surface area contributed by atoms with Crippen LogP contribution in [0.5, 0.6) is 0 Å². The average molecular weight is 277 g/mol. The summed E-state index contributed by atoms with van der Waals surface area (Å²) in [4.78, 5) is 16.3. The highest BCUT2D eigenvalue weighted by Crippen LogP contribution is 2.40. The van der Waals surface area contributed by atoms with E-state index in [1.54, 1.807) is 0 Å². The Hall–Kier alpha value is -0.0900.